The zero-order chi connectivity index (χ0) is 15.3. The summed E-state index contributed by atoms with van der Waals surface area (Å²) < 4.78 is 0. The van der Waals surface area contributed by atoms with Crippen molar-refractivity contribution in [2.45, 2.75) is 65.3 Å². The van der Waals surface area contributed by atoms with E-state index in [0.29, 0.717) is 0 Å². The van der Waals surface area contributed by atoms with Crippen LogP contribution in [0.3, 0.4) is 0 Å². The molecule has 1 aromatic rings. The third-order valence-electron chi connectivity index (χ3n) is 4.00. The third-order valence-corrected chi connectivity index (χ3v) is 5.12. The summed E-state index contributed by atoms with van der Waals surface area (Å²) >= 11 is 1.92. The predicted octanol–water partition coefficient (Wildman–Crippen LogP) is 3.58. The van der Waals surface area contributed by atoms with Crippen molar-refractivity contribution in [1.82, 2.24) is 15.2 Å². The molecule has 0 aromatic carbocycles. The standard InChI is InChI=1S/C17H31N3S/c1-5-9-18-13-14-16(17(2,3)4)19-15(21-14)8-12-20-10-6-7-11-20/h18H,5-13H2,1-4H3. The Labute approximate surface area is 134 Å². The minimum absolute atomic E-state index is 0.144. The zero-order valence-corrected chi connectivity index (χ0v) is 15.0. The molecule has 120 valence electrons. The van der Waals surface area contributed by atoms with Gasteiger partial charge in [-0.3, -0.25) is 0 Å². The highest BCUT2D eigenvalue weighted by molar-refractivity contribution is 7.11. The van der Waals surface area contributed by atoms with Gasteiger partial charge in [-0.05, 0) is 38.9 Å². The van der Waals surface area contributed by atoms with Gasteiger partial charge in [-0.2, -0.15) is 0 Å². The predicted molar refractivity (Wildman–Crippen MR) is 92.2 cm³/mol. The first-order valence-corrected chi connectivity index (χ1v) is 9.24. The van der Waals surface area contributed by atoms with Crippen molar-refractivity contribution in [1.29, 1.82) is 0 Å². The van der Waals surface area contributed by atoms with Gasteiger partial charge in [0.2, 0.25) is 0 Å². The Kier molecular flexibility index (Phi) is 6.20. The fraction of sp³-hybridized carbons (Fsp3) is 0.824. The van der Waals surface area contributed by atoms with E-state index >= 15 is 0 Å². The maximum Gasteiger partial charge on any atom is 0.0944 e. The molecule has 2 rings (SSSR count). The summed E-state index contributed by atoms with van der Waals surface area (Å²) in [6.07, 6.45) is 5.04. The lowest BCUT2D eigenvalue weighted by molar-refractivity contribution is 0.343. The van der Waals surface area contributed by atoms with E-state index in [1.807, 2.05) is 11.3 Å². The highest BCUT2D eigenvalue weighted by atomic mass is 32.1. The highest BCUT2D eigenvalue weighted by Crippen LogP contribution is 2.30. The second-order valence-electron chi connectivity index (χ2n) is 7.10. The summed E-state index contributed by atoms with van der Waals surface area (Å²) in [5.41, 5.74) is 1.44. The molecule has 0 radical (unpaired) electrons. The SMILES string of the molecule is CCCNCc1sc(CCN2CCCC2)nc1C(C)(C)C. The number of hydrogen-bond donors (Lipinski definition) is 1. The van der Waals surface area contributed by atoms with Gasteiger partial charge in [0.05, 0.1) is 10.7 Å². The molecule has 0 unspecified atom stereocenters. The lowest BCUT2D eigenvalue weighted by Crippen LogP contribution is -2.22. The summed E-state index contributed by atoms with van der Waals surface area (Å²) in [5, 5.41) is 4.85. The lowest BCUT2D eigenvalue weighted by Gasteiger charge is -2.17. The van der Waals surface area contributed by atoms with E-state index in [0.717, 1.165) is 19.5 Å². The number of rotatable bonds is 7. The van der Waals surface area contributed by atoms with E-state index in [4.69, 9.17) is 4.98 Å². The van der Waals surface area contributed by atoms with Gasteiger partial charge in [-0.25, -0.2) is 4.98 Å². The van der Waals surface area contributed by atoms with E-state index in [1.54, 1.807) is 0 Å². The topological polar surface area (TPSA) is 28.2 Å². The summed E-state index contributed by atoms with van der Waals surface area (Å²) in [7, 11) is 0. The van der Waals surface area contributed by atoms with Crippen molar-refractivity contribution < 1.29 is 0 Å². The van der Waals surface area contributed by atoms with Gasteiger partial charge in [0.15, 0.2) is 0 Å². The third kappa shape index (κ3) is 5.04. The molecule has 3 nitrogen and oxygen atoms in total. The Hall–Kier alpha value is -0.450. The summed E-state index contributed by atoms with van der Waals surface area (Å²) in [6, 6.07) is 0. The van der Waals surface area contributed by atoms with Gasteiger partial charge >= 0.3 is 0 Å². The number of hydrogen-bond acceptors (Lipinski definition) is 4. The molecule has 1 aliphatic heterocycles. The number of nitrogens with zero attached hydrogens (tertiary/aromatic N) is 2. The van der Waals surface area contributed by atoms with Gasteiger partial charge in [-0.15, -0.1) is 11.3 Å². The molecule has 0 atom stereocenters. The van der Waals surface area contributed by atoms with Crippen molar-refractivity contribution in [2.24, 2.45) is 0 Å². The number of likely N-dealkylation sites (tertiary alicyclic amines) is 1. The average Bonchev–Trinajstić information content (AvgIpc) is 3.05. The van der Waals surface area contributed by atoms with E-state index < -0.39 is 0 Å². The van der Waals surface area contributed by atoms with Crippen LogP contribution < -0.4 is 5.32 Å². The Morgan fingerprint density at radius 3 is 2.57 bits per heavy atom. The van der Waals surface area contributed by atoms with E-state index in [9.17, 15) is 0 Å². The van der Waals surface area contributed by atoms with Crippen LogP contribution in [0.15, 0.2) is 0 Å². The normalized spacial score (nSPS) is 16.8. The second kappa shape index (κ2) is 7.70. The largest absolute Gasteiger partial charge is 0.312 e. The number of thiazole rings is 1. The van der Waals surface area contributed by atoms with Crippen molar-refractivity contribution in [3.05, 3.63) is 15.6 Å². The molecular formula is C17H31N3S. The Morgan fingerprint density at radius 1 is 1.24 bits per heavy atom. The van der Waals surface area contributed by atoms with E-state index in [-0.39, 0.29) is 5.41 Å². The van der Waals surface area contributed by atoms with Crippen LogP contribution in [0.25, 0.3) is 0 Å². The number of nitrogens with one attached hydrogen (secondary N) is 1. The van der Waals surface area contributed by atoms with E-state index in [1.165, 1.54) is 54.5 Å². The van der Waals surface area contributed by atoms with Gasteiger partial charge in [0.1, 0.15) is 0 Å². The van der Waals surface area contributed by atoms with Crippen LogP contribution in [0.2, 0.25) is 0 Å². The smallest absolute Gasteiger partial charge is 0.0944 e. The first-order chi connectivity index (χ1) is 10.0. The molecule has 0 bridgehead atoms. The second-order valence-corrected chi connectivity index (χ2v) is 8.27. The minimum atomic E-state index is 0.144. The van der Waals surface area contributed by atoms with Crippen LogP contribution in [-0.4, -0.2) is 36.1 Å². The van der Waals surface area contributed by atoms with Crippen LogP contribution in [0.4, 0.5) is 0 Å². The Morgan fingerprint density at radius 2 is 1.95 bits per heavy atom. The van der Waals surface area contributed by atoms with Gasteiger partial charge in [0.25, 0.3) is 0 Å². The van der Waals surface area contributed by atoms with Crippen LogP contribution in [0.1, 0.15) is 62.5 Å². The highest BCUT2D eigenvalue weighted by Gasteiger charge is 2.23. The van der Waals surface area contributed by atoms with Crippen LogP contribution in [0, 0.1) is 0 Å². The average molecular weight is 310 g/mol. The molecule has 2 heterocycles. The fourth-order valence-electron chi connectivity index (χ4n) is 2.85. The minimum Gasteiger partial charge on any atom is -0.312 e. The molecule has 0 amide bonds. The molecule has 0 spiro atoms. The Balaban J connectivity index is 2.00. The summed E-state index contributed by atoms with van der Waals surface area (Å²) in [6.45, 7) is 14.8. The van der Waals surface area contributed by atoms with Gasteiger partial charge < -0.3 is 10.2 Å². The zero-order valence-electron chi connectivity index (χ0n) is 14.2. The molecule has 0 saturated carbocycles. The first kappa shape index (κ1) is 16.9. The van der Waals surface area contributed by atoms with Crippen LogP contribution in [-0.2, 0) is 18.4 Å². The summed E-state index contributed by atoms with van der Waals surface area (Å²) in [4.78, 5) is 8.99. The molecule has 0 aliphatic carbocycles. The summed E-state index contributed by atoms with van der Waals surface area (Å²) in [5.74, 6) is 0. The molecule has 1 aromatic heterocycles. The lowest BCUT2D eigenvalue weighted by atomic mass is 9.91. The number of aromatic nitrogens is 1. The van der Waals surface area contributed by atoms with Crippen molar-refractivity contribution >= 4 is 11.3 Å². The van der Waals surface area contributed by atoms with Crippen molar-refractivity contribution in [3.8, 4) is 0 Å². The fourth-order valence-corrected chi connectivity index (χ4v) is 4.09. The molecule has 21 heavy (non-hydrogen) atoms. The van der Waals surface area contributed by atoms with Crippen molar-refractivity contribution in [2.75, 3.05) is 26.2 Å². The molecule has 1 aliphatic rings. The first-order valence-electron chi connectivity index (χ1n) is 8.43. The molecule has 1 fully saturated rings. The Bertz CT molecular complexity index is 428. The molecule has 4 heteroatoms. The van der Waals surface area contributed by atoms with Gasteiger partial charge in [0, 0.05) is 29.8 Å². The molecular weight excluding hydrogens is 278 g/mol. The van der Waals surface area contributed by atoms with Crippen LogP contribution >= 0.6 is 11.3 Å². The monoisotopic (exact) mass is 309 g/mol. The maximum atomic E-state index is 4.97. The van der Waals surface area contributed by atoms with Gasteiger partial charge in [-0.1, -0.05) is 27.7 Å². The van der Waals surface area contributed by atoms with E-state index in [2.05, 4.69) is 37.9 Å². The quantitative estimate of drug-likeness (QED) is 0.780. The molecule has 1 N–H and O–H groups in total. The maximum absolute atomic E-state index is 4.97. The van der Waals surface area contributed by atoms with Crippen molar-refractivity contribution in [3.63, 3.8) is 0 Å². The van der Waals surface area contributed by atoms with Crippen LogP contribution in [0.5, 0.6) is 0 Å². The molecule has 1 saturated heterocycles.